The van der Waals surface area contributed by atoms with E-state index < -0.39 is 0 Å². The Hall–Kier alpha value is 2.82. The highest BCUT2D eigenvalue weighted by Gasteiger charge is 1.96. The van der Waals surface area contributed by atoms with Crippen LogP contribution in [0.4, 0.5) is 0 Å². The Morgan fingerprint density at radius 1 is 0.385 bits per heavy atom. The third kappa shape index (κ3) is 14.8. The van der Waals surface area contributed by atoms with Gasteiger partial charge in [0.1, 0.15) is 0 Å². The van der Waals surface area contributed by atoms with E-state index in [1.54, 1.807) is 0 Å². The molecule has 28 radical (unpaired) electrons. The minimum Gasteiger partial charge on any atom is 0 e. The van der Waals surface area contributed by atoms with Gasteiger partial charge in [0.25, 0.3) is 0 Å². The van der Waals surface area contributed by atoms with Gasteiger partial charge in [0.15, 0.2) is 0 Å². The summed E-state index contributed by atoms with van der Waals surface area (Å²) in [5.74, 6) is 0. The zero-order chi connectivity index (χ0) is 9.78. The second-order valence-corrected chi connectivity index (χ2v) is 37.1. The highest BCUT2D eigenvalue weighted by Crippen LogP contribution is 1.58. The first kappa shape index (κ1) is 15.8. The van der Waals surface area contributed by atoms with E-state index in [1.807, 2.05) is 0 Å². The van der Waals surface area contributed by atoms with E-state index in [9.17, 15) is 0 Å². The van der Waals surface area contributed by atoms with Crippen LogP contribution in [0.25, 0.3) is 0 Å². The topological polar surface area (TPSA) is 0 Å². The van der Waals surface area contributed by atoms with Crippen molar-refractivity contribution in [2.45, 2.75) is 0 Å². The zero-order valence-corrected chi connectivity index (χ0v) is 19.5. The van der Waals surface area contributed by atoms with Gasteiger partial charge < -0.3 is 0 Å². The highest BCUT2D eigenvalue weighted by molar-refractivity contribution is 7.71. The smallest absolute Gasteiger partial charge is 0 e. The molecule has 0 aliphatic carbocycles. The van der Waals surface area contributed by atoms with E-state index in [0.29, 0.717) is 0 Å². The van der Waals surface area contributed by atoms with Gasteiger partial charge in [-0.2, -0.15) is 0 Å². The van der Waals surface area contributed by atoms with E-state index in [4.69, 9.17) is 0 Å². The molecule has 0 heterocycles. The molecule has 0 aliphatic heterocycles. The summed E-state index contributed by atoms with van der Waals surface area (Å²) in [6, 6.07) is 0. The molecule has 0 nitrogen and oxygen atoms in total. The predicted molar refractivity (Wildman–Crippen MR) is 74.8 cm³/mol. The third-order valence-electron chi connectivity index (χ3n) is 0.625. The fourth-order valence-corrected chi connectivity index (χ4v) is 68.3. The second-order valence-electron chi connectivity index (χ2n) is 1.38. The maximum absolute atomic E-state index is 3.56. The average Bonchev–Trinajstić information content (AvgIpc) is 2.16. The standard InChI is InChI=1S/Si13/c1-3-5-7-9-11-13-12-10-8-6-4-2. The lowest BCUT2D eigenvalue weighted by Crippen LogP contribution is -2.33. The van der Waals surface area contributed by atoms with Crippen molar-refractivity contribution in [3.8, 4) is 0 Å². The molecule has 0 N–H and O–H groups in total. The largest absolute Gasteiger partial charge is 0 e. The lowest BCUT2D eigenvalue weighted by Gasteiger charge is -1.95. The van der Waals surface area contributed by atoms with Crippen LogP contribution in [-0.2, 0) is 0 Å². The Morgan fingerprint density at radius 2 is 0.615 bits per heavy atom. The molecular formula is Si13. The van der Waals surface area contributed by atoms with Crippen LogP contribution < -0.4 is 0 Å². The average molecular weight is 365 g/mol. The highest BCUT2D eigenvalue weighted by atomic mass is 30.0. The maximum atomic E-state index is 3.56. The molecule has 0 saturated heterocycles. The molecule has 0 saturated carbocycles. The molecule has 0 bridgehead atoms. The summed E-state index contributed by atoms with van der Waals surface area (Å²) in [4.78, 5) is 0. The van der Waals surface area contributed by atoms with Gasteiger partial charge in [0.2, 0.25) is 0 Å². The van der Waals surface area contributed by atoms with Gasteiger partial charge in [-0.3, -0.25) is 0 Å². The number of hydrogen-bond donors (Lipinski definition) is 0. The van der Waals surface area contributed by atoms with Crippen LogP contribution >= 0.6 is 0 Å². The van der Waals surface area contributed by atoms with Crippen LogP contribution in [0.3, 0.4) is 0 Å². The lowest BCUT2D eigenvalue weighted by molar-refractivity contribution is 3.81. The molecule has 0 spiro atoms. The normalized spacial score (nSPS) is 10.6. The first-order valence-corrected chi connectivity index (χ1v) is 27.0. The zero-order valence-electron chi connectivity index (χ0n) is 6.50. The van der Waals surface area contributed by atoms with Crippen molar-refractivity contribution < 1.29 is 0 Å². The monoisotopic (exact) mass is 364 g/mol. The summed E-state index contributed by atoms with van der Waals surface area (Å²) in [5, 5.41) is 0. The van der Waals surface area contributed by atoms with Crippen LogP contribution in [0, 0.1) is 0 Å². The molecule has 0 rings (SSSR count). The quantitative estimate of drug-likeness (QED) is 0.269. The van der Waals surface area contributed by atoms with Crippen molar-refractivity contribution >= 4 is 114 Å². The van der Waals surface area contributed by atoms with Crippen molar-refractivity contribution in [2.24, 2.45) is 0 Å². The molecule has 13 heavy (non-hydrogen) atoms. The van der Waals surface area contributed by atoms with E-state index in [1.165, 1.54) is 77.0 Å². The minimum absolute atomic E-state index is 1.03. The minimum atomic E-state index is 1.03. The van der Waals surface area contributed by atoms with Gasteiger partial charge in [-0.05, 0) is 0 Å². The van der Waals surface area contributed by atoms with Crippen LogP contribution in [0.15, 0.2) is 0 Å². The summed E-state index contributed by atoms with van der Waals surface area (Å²) in [6.07, 6.45) is 0. The molecule has 0 aliphatic rings. The summed E-state index contributed by atoms with van der Waals surface area (Å²) >= 11 is 0. The molecule has 13 heteroatoms. The van der Waals surface area contributed by atoms with Gasteiger partial charge in [-0.25, -0.2) is 0 Å². The predicted octanol–water partition coefficient (Wildman–Crippen LogP) is -4.95. The number of rotatable bonds is 10. The SMILES string of the molecule is [Si][Si][Si][Si][Si][Si][Si][Si][Si][Si][Si][Si][Si]. The molecule has 0 aromatic carbocycles. The summed E-state index contributed by atoms with van der Waals surface area (Å²) in [6.45, 7) is 0. The Labute approximate surface area is 112 Å². The summed E-state index contributed by atoms with van der Waals surface area (Å²) in [7, 11) is 20.8. The van der Waals surface area contributed by atoms with E-state index >= 15 is 0 Å². The van der Waals surface area contributed by atoms with Crippen LogP contribution in [0.1, 0.15) is 0 Å². The molecule has 0 unspecified atom stereocenters. The first-order valence-electron chi connectivity index (χ1n) is 3.00. The molecule has 52 valence electrons. The second kappa shape index (κ2) is 14.8. The van der Waals surface area contributed by atoms with Gasteiger partial charge in [0, 0.05) is 114 Å². The number of hydrogen-bond acceptors (Lipinski definition) is 0. The third-order valence-corrected chi connectivity index (χ3v) is 50.6. The Morgan fingerprint density at radius 3 is 0.846 bits per heavy atom. The lowest BCUT2D eigenvalue weighted by atomic mass is 26.1. The summed E-state index contributed by atoms with van der Waals surface area (Å²) < 4.78 is 0. The Balaban J connectivity index is 2.76. The van der Waals surface area contributed by atoms with E-state index in [2.05, 4.69) is 19.5 Å². The van der Waals surface area contributed by atoms with Crippen LogP contribution in [0.5, 0.6) is 0 Å². The van der Waals surface area contributed by atoms with Crippen molar-refractivity contribution in [2.75, 3.05) is 0 Å². The molecule has 0 fully saturated rings. The fourth-order valence-electron chi connectivity index (χ4n) is 0.281. The van der Waals surface area contributed by atoms with Crippen molar-refractivity contribution in [3.05, 3.63) is 0 Å². The van der Waals surface area contributed by atoms with Gasteiger partial charge in [0.05, 0.1) is 0 Å². The molecular weight excluding hydrogens is 365 g/mol. The van der Waals surface area contributed by atoms with Gasteiger partial charge >= 0.3 is 0 Å². The Kier molecular flexibility index (Phi) is 18.0. The molecule has 0 amide bonds. The van der Waals surface area contributed by atoms with Crippen molar-refractivity contribution in [1.29, 1.82) is 0 Å². The van der Waals surface area contributed by atoms with Crippen molar-refractivity contribution in [1.82, 2.24) is 0 Å². The fraction of sp³-hybridized carbons (Fsp3) is 0. The summed E-state index contributed by atoms with van der Waals surface area (Å²) in [5.41, 5.74) is 0. The molecule has 0 aromatic heterocycles. The van der Waals surface area contributed by atoms with Crippen LogP contribution in [-0.4, -0.2) is 114 Å². The molecule has 0 atom stereocenters. The van der Waals surface area contributed by atoms with Crippen molar-refractivity contribution in [3.63, 3.8) is 0 Å². The first-order chi connectivity index (χ1) is 6.41. The van der Waals surface area contributed by atoms with Crippen LogP contribution in [0.2, 0.25) is 0 Å². The Bertz CT molecular complexity index is 66.1. The maximum Gasteiger partial charge on any atom is 0 e. The van der Waals surface area contributed by atoms with Gasteiger partial charge in [-0.15, -0.1) is 0 Å². The van der Waals surface area contributed by atoms with E-state index in [-0.39, 0.29) is 0 Å². The van der Waals surface area contributed by atoms with Gasteiger partial charge in [-0.1, -0.05) is 0 Å². The molecule has 0 aromatic rings. The van der Waals surface area contributed by atoms with E-state index in [0.717, 1.165) is 17.1 Å².